The average molecular weight is 351 g/mol. The number of alkyl halides is 3. The minimum atomic E-state index is -4.52. The van der Waals surface area contributed by atoms with Crippen molar-refractivity contribution in [3.05, 3.63) is 59.9 Å². The topological polar surface area (TPSA) is 54.0 Å². The summed E-state index contributed by atoms with van der Waals surface area (Å²) in [5, 5.41) is 6.07. The van der Waals surface area contributed by atoms with Crippen LogP contribution in [-0.4, -0.2) is 23.5 Å². The van der Waals surface area contributed by atoms with Crippen LogP contribution in [0.15, 0.2) is 48.7 Å². The molecule has 0 saturated carbocycles. The molecule has 4 nitrogen and oxygen atoms in total. The molecule has 0 radical (unpaired) electrons. The average Bonchev–Trinajstić information content (AvgIpc) is 2.58. The van der Waals surface area contributed by atoms with E-state index in [2.05, 4.69) is 15.6 Å². The quantitative estimate of drug-likeness (QED) is 0.828. The predicted molar refractivity (Wildman–Crippen MR) is 90.3 cm³/mol. The van der Waals surface area contributed by atoms with Gasteiger partial charge in [-0.2, -0.15) is 13.2 Å². The van der Waals surface area contributed by atoms with Crippen molar-refractivity contribution in [1.29, 1.82) is 0 Å². The molecule has 2 aromatic rings. The number of pyridine rings is 1. The summed E-state index contributed by atoms with van der Waals surface area (Å²) in [7, 11) is 0. The lowest BCUT2D eigenvalue weighted by molar-refractivity contribution is -0.141. The number of anilines is 1. The summed E-state index contributed by atoms with van der Waals surface area (Å²) in [4.78, 5) is 15.4. The molecule has 0 fully saturated rings. The fraction of sp³-hybridized carbons (Fsp3) is 0.333. The van der Waals surface area contributed by atoms with E-state index >= 15 is 0 Å². The highest BCUT2D eigenvalue weighted by Gasteiger charge is 2.32. The van der Waals surface area contributed by atoms with Gasteiger partial charge in [0.15, 0.2) is 0 Å². The molecule has 1 amide bonds. The van der Waals surface area contributed by atoms with Gasteiger partial charge in [0.05, 0.1) is 5.56 Å². The van der Waals surface area contributed by atoms with Crippen molar-refractivity contribution in [2.75, 3.05) is 11.9 Å². The summed E-state index contributed by atoms with van der Waals surface area (Å²) in [6.45, 7) is 4.38. The Morgan fingerprint density at radius 3 is 2.32 bits per heavy atom. The van der Waals surface area contributed by atoms with Crippen LogP contribution in [0.4, 0.5) is 18.9 Å². The van der Waals surface area contributed by atoms with Crippen LogP contribution in [0, 0.1) is 5.92 Å². The molecule has 0 aliphatic heterocycles. The molecule has 1 aromatic carbocycles. The third kappa shape index (κ3) is 5.48. The fourth-order valence-corrected chi connectivity index (χ4v) is 2.20. The number of hydrogen-bond acceptors (Lipinski definition) is 3. The van der Waals surface area contributed by atoms with Gasteiger partial charge < -0.3 is 10.6 Å². The van der Waals surface area contributed by atoms with E-state index in [-0.39, 0.29) is 17.5 Å². The molecule has 0 saturated heterocycles. The van der Waals surface area contributed by atoms with Crippen LogP contribution >= 0.6 is 0 Å². The maximum Gasteiger partial charge on any atom is 0.433 e. The fourth-order valence-electron chi connectivity index (χ4n) is 2.20. The molecule has 134 valence electrons. The van der Waals surface area contributed by atoms with Crippen molar-refractivity contribution in [3.8, 4) is 0 Å². The SMILES string of the molecule is CC(C)C(CNC(=O)c1ccc(C(F)(F)F)nc1)Nc1ccccc1. The second kappa shape index (κ2) is 8.00. The summed E-state index contributed by atoms with van der Waals surface area (Å²) in [5.74, 6) is -0.215. The van der Waals surface area contributed by atoms with Gasteiger partial charge in [0.2, 0.25) is 0 Å². The molecule has 1 heterocycles. The Bertz CT molecular complexity index is 685. The van der Waals surface area contributed by atoms with Gasteiger partial charge in [0.25, 0.3) is 5.91 Å². The molecule has 0 aliphatic rings. The van der Waals surface area contributed by atoms with Crippen LogP contribution in [0.1, 0.15) is 29.9 Å². The van der Waals surface area contributed by atoms with Gasteiger partial charge in [0.1, 0.15) is 5.69 Å². The maximum absolute atomic E-state index is 12.5. The van der Waals surface area contributed by atoms with Gasteiger partial charge >= 0.3 is 6.18 Å². The molecule has 1 unspecified atom stereocenters. The van der Waals surface area contributed by atoms with Crippen molar-refractivity contribution >= 4 is 11.6 Å². The highest BCUT2D eigenvalue weighted by molar-refractivity contribution is 5.93. The monoisotopic (exact) mass is 351 g/mol. The number of carbonyl (C=O) groups excluding carboxylic acids is 1. The van der Waals surface area contributed by atoms with Crippen molar-refractivity contribution in [2.45, 2.75) is 26.1 Å². The lowest BCUT2D eigenvalue weighted by Crippen LogP contribution is -2.39. The highest BCUT2D eigenvalue weighted by Crippen LogP contribution is 2.27. The number of aromatic nitrogens is 1. The number of hydrogen-bond donors (Lipinski definition) is 2. The van der Waals surface area contributed by atoms with Crippen LogP contribution in [0.25, 0.3) is 0 Å². The van der Waals surface area contributed by atoms with E-state index in [1.165, 1.54) is 0 Å². The van der Waals surface area contributed by atoms with Gasteiger partial charge in [-0.15, -0.1) is 0 Å². The maximum atomic E-state index is 12.5. The lowest BCUT2D eigenvalue weighted by Gasteiger charge is -2.24. The molecule has 25 heavy (non-hydrogen) atoms. The number of nitrogens with one attached hydrogen (secondary N) is 2. The van der Waals surface area contributed by atoms with Gasteiger partial charge in [-0.25, -0.2) is 0 Å². The summed E-state index contributed by atoms with van der Waals surface area (Å²) in [6.07, 6.45) is -3.58. The molecule has 2 N–H and O–H groups in total. The number of nitrogens with zero attached hydrogens (tertiary/aromatic N) is 1. The van der Waals surface area contributed by atoms with Gasteiger partial charge in [0, 0.05) is 24.5 Å². The summed E-state index contributed by atoms with van der Waals surface area (Å²) < 4.78 is 37.5. The number of carbonyl (C=O) groups is 1. The van der Waals surface area contributed by atoms with Crippen molar-refractivity contribution in [2.24, 2.45) is 5.92 Å². The number of amides is 1. The largest absolute Gasteiger partial charge is 0.433 e. The normalized spacial score (nSPS) is 12.7. The molecular weight excluding hydrogens is 331 g/mol. The minimum Gasteiger partial charge on any atom is -0.380 e. The molecule has 0 spiro atoms. The van der Waals surface area contributed by atoms with Gasteiger partial charge in [-0.1, -0.05) is 32.0 Å². The molecule has 2 rings (SSSR count). The number of rotatable bonds is 6. The first-order valence-electron chi connectivity index (χ1n) is 7.90. The standard InChI is InChI=1S/C18H20F3N3O/c1-12(2)15(24-14-6-4-3-5-7-14)11-23-17(25)13-8-9-16(22-10-13)18(19,20)21/h3-10,12,15,24H,11H2,1-2H3,(H,23,25). The summed E-state index contributed by atoms with van der Waals surface area (Å²) in [6, 6.07) is 11.5. The molecule has 7 heteroatoms. The van der Waals surface area contributed by atoms with E-state index in [1.807, 2.05) is 44.2 Å². The zero-order valence-electron chi connectivity index (χ0n) is 14.0. The predicted octanol–water partition coefficient (Wildman–Crippen LogP) is 3.97. The second-order valence-electron chi connectivity index (χ2n) is 6.00. The summed E-state index contributed by atoms with van der Waals surface area (Å²) in [5.41, 5.74) is 0.0108. The van der Waals surface area contributed by atoms with E-state index in [4.69, 9.17) is 0 Å². The van der Waals surface area contributed by atoms with Crippen molar-refractivity contribution in [1.82, 2.24) is 10.3 Å². The van der Waals surface area contributed by atoms with Crippen LogP contribution in [0.2, 0.25) is 0 Å². The third-order valence-electron chi connectivity index (χ3n) is 3.73. The smallest absolute Gasteiger partial charge is 0.380 e. The molecule has 1 aromatic heterocycles. The molecular formula is C18H20F3N3O. The van der Waals surface area contributed by atoms with E-state index < -0.39 is 17.8 Å². The minimum absolute atomic E-state index is 0.0197. The first-order chi connectivity index (χ1) is 11.8. The third-order valence-corrected chi connectivity index (χ3v) is 3.73. The Morgan fingerprint density at radius 1 is 1.12 bits per heavy atom. The number of benzene rings is 1. The van der Waals surface area contributed by atoms with Crippen molar-refractivity contribution in [3.63, 3.8) is 0 Å². The van der Waals surface area contributed by atoms with Crippen LogP contribution in [0.3, 0.4) is 0 Å². The van der Waals surface area contributed by atoms with Crippen LogP contribution < -0.4 is 10.6 Å². The van der Waals surface area contributed by atoms with E-state index in [9.17, 15) is 18.0 Å². The van der Waals surface area contributed by atoms with Crippen LogP contribution in [0.5, 0.6) is 0 Å². The highest BCUT2D eigenvalue weighted by atomic mass is 19.4. The Labute approximate surface area is 144 Å². The van der Waals surface area contributed by atoms with Crippen molar-refractivity contribution < 1.29 is 18.0 Å². The zero-order valence-corrected chi connectivity index (χ0v) is 14.0. The van der Waals surface area contributed by atoms with E-state index in [0.717, 1.165) is 24.0 Å². The first-order valence-corrected chi connectivity index (χ1v) is 7.90. The summed E-state index contributed by atoms with van der Waals surface area (Å²) >= 11 is 0. The number of para-hydroxylation sites is 1. The molecule has 0 bridgehead atoms. The Morgan fingerprint density at radius 2 is 1.80 bits per heavy atom. The van der Waals surface area contributed by atoms with Crippen LogP contribution in [-0.2, 0) is 6.18 Å². The first kappa shape index (κ1) is 18.8. The Hall–Kier alpha value is -2.57. The second-order valence-corrected chi connectivity index (χ2v) is 6.00. The molecule has 1 atom stereocenters. The lowest BCUT2D eigenvalue weighted by atomic mass is 10.0. The Kier molecular flexibility index (Phi) is 6.01. The number of halogens is 3. The molecule has 0 aliphatic carbocycles. The van der Waals surface area contributed by atoms with Gasteiger partial charge in [-0.3, -0.25) is 9.78 Å². The van der Waals surface area contributed by atoms with Gasteiger partial charge in [-0.05, 0) is 30.2 Å². The van der Waals surface area contributed by atoms with E-state index in [1.54, 1.807) is 0 Å². The Balaban J connectivity index is 1.96. The zero-order chi connectivity index (χ0) is 18.4. The van der Waals surface area contributed by atoms with E-state index in [0.29, 0.717) is 6.54 Å².